The van der Waals surface area contributed by atoms with Gasteiger partial charge in [0.25, 0.3) is 0 Å². The number of nitrogens with zero attached hydrogens (tertiary/aromatic N) is 2. The maximum atomic E-state index is 3.55. The minimum Gasteiger partial charge on any atom is -0.316 e. The molecule has 1 aliphatic heterocycles. The van der Waals surface area contributed by atoms with Gasteiger partial charge in [-0.3, -0.25) is 4.90 Å². The van der Waals surface area contributed by atoms with Crippen molar-refractivity contribution in [1.29, 1.82) is 0 Å². The lowest BCUT2D eigenvalue weighted by molar-refractivity contribution is 0.0651. The molecule has 1 N–H and O–H groups in total. The van der Waals surface area contributed by atoms with E-state index in [9.17, 15) is 0 Å². The van der Waals surface area contributed by atoms with E-state index in [0.717, 1.165) is 13.1 Å². The zero-order valence-electron chi connectivity index (χ0n) is 12.4. The van der Waals surface area contributed by atoms with Crippen LogP contribution >= 0.6 is 0 Å². The minimum atomic E-state index is 0.374. The topological polar surface area (TPSA) is 18.5 Å². The highest BCUT2D eigenvalue weighted by Gasteiger charge is 2.27. The molecule has 0 aromatic rings. The SMILES string of the molecule is CCCNCC(C)(C)CN1CCN(C)CC1C. The molecule has 0 saturated carbocycles. The second kappa shape index (κ2) is 6.72. The van der Waals surface area contributed by atoms with Crippen LogP contribution in [0.5, 0.6) is 0 Å². The number of hydrogen-bond acceptors (Lipinski definition) is 3. The standard InChI is InChI=1S/C14H31N3/c1-6-7-15-11-14(3,4)12-17-9-8-16(5)10-13(17)2/h13,15H,6-12H2,1-5H3. The van der Waals surface area contributed by atoms with Crippen molar-refractivity contribution in [2.24, 2.45) is 5.41 Å². The van der Waals surface area contributed by atoms with Crippen molar-refractivity contribution in [1.82, 2.24) is 15.1 Å². The Balaban J connectivity index is 2.35. The van der Waals surface area contributed by atoms with Crippen molar-refractivity contribution >= 4 is 0 Å². The van der Waals surface area contributed by atoms with Gasteiger partial charge in [-0.05, 0) is 32.4 Å². The fraction of sp³-hybridized carbons (Fsp3) is 1.00. The van der Waals surface area contributed by atoms with Crippen molar-refractivity contribution in [3.63, 3.8) is 0 Å². The predicted octanol–water partition coefficient (Wildman–Crippen LogP) is 1.65. The summed E-state index contributed by atoms with van der Waals surface area (Å²) < 4.78 is 0. The Labute approximate surface area is 108 Å². The molecule has 1 fully saturated rings. The van der Waals surface area contributed by atoms with E-state index < -0.39 is 0 Å². The summed E-state index contributed by atoms with van der Waals surface area (Å²) in [6.45, 7) is 16.4. The minimum absolute atomic E-state index is 0.374. The highest BCUT2D eigenvalue weighted by molar-refractivity contribution is 4.83. The van der Waals surface area contributed by atoms with Gasteiger partial charge >= 0.3 is 0 Å². The molecular formula is C14H31N3. The van der Waals surface area contributed by atoms with Crippen LogP contribution < -0.4 is 5.32 Å². The molecule has 1 heterocycles. The fourth-order valence-corrected chi connectivity index (χ4v) is 2.62. The first-order valence-electron chi connectivity index (χ1n) is 7.08. The average molecular weight is 241 g/mol. The molecule has 0 radical (unpaired) electrons. The summed E-state index contributed by atoms with van der Waals surface area (Å²) in [5.74, 6) is 0. The molecular weight excluding hydrogens is 210 g/mol. The lowest BCUT2D eigenvalue weighted by Crippen LogP contribution is -2.54. The van der Waals surface area contributed by atoms with Crippen LogP contribution in [0, 0.1) is 5.41 Å². The Kier molecular flexibility index (Phi) is 5.90. The zero-order chi connectivity index (χ0) is 12.9. The molecule has 3 heteroatoms. The van der Waals surface area contributed by atoms with E-state index in [1.807, 2.05) is 0 Å². The summed E-state index contributed by atoms with van der Waals surface area (Å²) in [6.07, 6.45) is 1.22. The third-order valence-corrected chi connectivity index (χ3v) is 3.63. The molecule has 0 aromatic carbocycles. The summed E-state index contributed by atoms with van der Waals surface area (Å²) >= 11 is 0. The van der Waals surface area contributed by atoms with E-state index >= 15 is 0 Å². The predicted molar refractivity (Wildman–Crippen MR) is 75.5 cm³/mol. The highest BCUT2D eigenvalue weighted by atomic mass is 15.3. The number of likely N-dealkylation sites (N-methyl/N-ethyl adjacent to an activating group) is 1. The van der Waals surface area contributed by atoms with Crippen LogP contribution in [0.25, 0.3) is 0 Å². The summed E-state index contributed by atoms with van der Waals surface area (Å²) in [4.78, 5) is 5.08. The van der Waals surface area contributed by atoms with Crippen LogP contribution in [-0.2, 0) is 0 Å². The van der Waals surface area contributed by atoms with Gasteiger partial charge in [0.05, 0.1) is 0 Å². The Bertz CT molecular complexity index is 216. The van der Waals surface area contributed by atoms with Gasteiger partial charge in [0.2, 0.25) is 0 Å². The monoisotopic (exact) mass is 241 g/mol. The van der Waals surface area contributed by atoms with Gasteiger partial charge in [-0.2, -0.15) is 0 Å². The maximum Gasteiger partial charge on any atom is 0.0195 e. The van der Waals surface area contributed by atoms with Gasteiger partial charge in [0.15, 0.2) is 0 Å². The Hall–Kier alpha value is -0.120. The molecule has 1 aliphatic rings. The molecule has 3 nitrogen and oxygen atoms in total. The fourth-order valence-electron chi connectivity index (χ4n) is 2.62. The molecule has 1 saturated heterocycles. The van der Waals surface area contributed by atoms with Crippen molar-refractivity contribution < 1.29 is 0 Å². The zero-order valence-corrected chi connectivity index (χ0v) is 12.4. The molecule has 17 heavy (non-hydrogen) atoms. The van der Waals surface area contributed by atoms with E-state index in [1.165, 1.54) is 32.6 Å². The molecule has 102 valence electrons. The van der Waals surface area contributed by atoms with Crippen molar-refractivity contribution in [3.05, 3.63) is 0 Å². The van der Waals surface area contributed by atoms with Gasteiger partial charge in [-0.1, -0.05) is 20.8 Å². The van der Waals surface area contributed by atoms with E-state index in [2.05, 4.69) is 49.9 Å². The second-order valence-electron chi connectivity index (χ2n) is 6.42. The van der Waals surface area contributed by atoms with Gasteiger partial charge in [0, 0.05) is 38.8 Å². The van der Waals surface area contributed by atoms with Crippen molar-refractivity contribution in [2.75, 3.05) is 46.3 Å². The summed E-state index contributed by atoms with van der Waals surface area (Å²) in [5.41, 5.74) is 0.374. The van der Waals surface area contributed by atoms with Gasteiger partial charge in [0.1, 0.15) is 0 Å². The summed E-state index contributed by atoms with van der Waals surface area (Å²) in [7, 11) is 2.22. The van der Waals surface area contributed by atoms with E-state index in [-0.39, 0.29) is 0 Å². The van der Waals surface area contributed by atoms with Crippen molar-refractivity contribution in [3.8, 4) is 0 Å². The number of nitrogens with one attached hydrogen (secondary N) is 1. The Morgan fingerprint density at radius 3 is 2.59 bits per heavy atom. The third kappa shape index (κ3) is 5.36. The van der Waals surface area contributed by atoms with Crippen LogP contribution in [0.4, 0.5) is 0 Å². The largest absolute Gasteiger partial charge is 0.316 e. The van der Waals surface area contributed by atoms with Crippen LogP contribution in [0.2, 0.25) is 0 Å². The van der Waals surface area contributed by atoms with Gasteiger partial charge in [-0.15, -0.1) is 0 Å². The van der Waals surface area contributed by atoms with E-state index in [0.29, 0.717) is 11.5 Å². The Morgan fingerprint density at radius 2 is 2.00 bits per heavy atom. The lowest BCUT2D eigenvalue weighted by atomic mass is 9.91. The molecule has 0 aromatic heterocycles. The first-order valence-corrected chi connectivity index (χ1v) is 7.08. The number of hydrogen-bond donors (Lipinski definition) is 1. The first kappa shape index (κ1) is 14.9. The normalized spacial score (nSPS) is 24.2. The van der Waals surface area contributed by atoms with E-state index in [1.54, 1.807) is 0 Å². The Morgan fingerprint density at radius 1 is 1.29 bits per heavy atom. The number of rotatable bonds is 6. The van der Waals surface area contributed by atoms with Gasteiger partial charge in [-0.25, -0.2) is 0 Å². The highest BCUT2D eigenvalue weighted by Crippen LogP contribution is 2.19. The average Bonchev–Trinajstić information content (AvgIpc) is 2.22. The quantitative estimate of drug-likeness (QED) is 0.713. The van der Waals surface area contributed by atoms with Crippen LogP contribution in [0.1, 0.15) is 34.1 Å². The molecule has 0 aliphatic carbocycles. The lowest BCUT2D eigenvalue weighted by Gasteiger charge is -2.42. The number of piperazine rings is 1. The molecule has 1 atom stereocenters. The van der Waals surface area contributed by atoms with Crippen LogP contribution in [0.3, 0.4) is 0 Å². The molecule has 0 bridgehead atoms. The smallest absolute Gasteiger partial charge is 0.0195 e. The summed E-state index contributed by atoms with van der Waals surface area (Å²) in [6, 6.07) is 0.694. The van der Waals surface area contributed by atoms with Crippen LogP contribution in [-0.4, -0.2) is 62.2 Å². The molecule has 1 unspecified atom stereocenters. The molecule has 1 rings (SSSR count). The van der Waals surface area contributed by atoms with Crippen molar-refractivity contribution in [2.45, 2.75) is 40.2 Å². The maximum absolute atomic E-state index is 3.55. The molecule has 0 amide bonds. The summed E-state index contributed by atoms with van der Waals surface area (Å²) in [5, 5.41) is 3.55. The third-order valence-electron chi connectivity index (χ3n) is 3.63. The van der Waals surface area contributed by atoms with E-state index in [4.69, 9.17) is 0 Å². The first-order chi connectivity index (χ1) is 7.94. The second-order valence-corrected chi connectivity index (χ2v) is 6.42. The molecule has 0 spiro atoms. The van der Waals surface area contributed by atoms with Gasteiger partial charge < -0.3 is 10.2 Å². The van der Waals surface area contributed by atoms with Crippen LogP contribution in [0.15, 0.2) is 0 Å².